The van der Waals surface area contributed by atoms with Crippen LogP contribution in [0.4, 0.5) is 17.1 Å². The van der Waals surface area contributed by atoms with Gasteiger partial charge < -0.3 is 23.8 Å². The standard InChI is InChI=1S/C31H35N5O7S/c1-4-34-28-8-6-25(44(40,41)33-11-15-43-16-12-33)20-26(28)27(31(34)37)18-23-17-21(2)35(22(23)3)24-5-7-29(30(19-24)36(38)39)32-9-13-42-14-10-32/h5-8,17-20H,4,9-16H2,1-3H3/b27-18+. The van der Waals surface area contributed by atoms with Gasteiger partial charge in [-0.3, -0.25) is 14.9 Å². The molecule has 0 saturated carbocycles. The molecule has 1 aromatic heterocycles. The molecule has 0 atom stereocenters. The zero-order chi connectivity index (χ0) is 31.2. The minimum atomic E-state index is -3.76. The third-order valence-electron chi connectivity index (χ3n) is 8.48. The summed E-state index contributed by atoms with van der Waals surface area (Å²) in [6.07, 6.45) is 1.79. The van der Waals surface area contributed by atoms with Gasteiger partial charge in [0.05, 0.1) is 47.6 Å². The summed E-state index contributed by atoms with van der Waals surface area (Å²) in [5, 5.41) is 12.1. The van der Waals surface area contributed by atoms with Crippen LogP contribution in [0.15, 0.2) is 47.4 Å². The lowest BCUT2D eigenvalue weighted by atomic mass is 10.0. The molecule has 13 heteroatoms. The van der Waals surface area contributed by atoms with Gasteiger partial charge in [0.1, 0.15) is 5.69 Å². The lowest BCUT2D eigenvalue weighted by molar-refractivity contribution is -0.384. The Balaban J connectivity index is 1.40. The topological polar surface area (TPSA) is 127 Å². The summed E-state index contributed by atoms with van der Waals surface area (Å²) in [4.78, 5) is 29.1. The van der Waals surface area contributed by atoms with Crippen LogP contribution in [-0.2, 0) is 24.3 Å². The number of morpholine rings is 2. The number of carbonyl (C=O) groups is 1. The average Bonchev–Trinajstić information content (AvgIpc) is 3.47. The lowest BCUT2D eigenvalue weighted by Gasteiger charge is -2.28. The van der Waals surface area contributed by atoms with Gasteiger partial charge in [-0.15, -0.1) is 0 Å². The van der Waals surface area contributed by atoms with Crippen molar-refractivity contribution in [2.45, 2.75) is 25.7 Å². The maximum atomic E-state index is 13.6. The number of ether oxygens (including phenoxy) is 2. The van der Waals surface area contributed by atoms with Crippen molar-refractivity contribution in [3.05, 3.63) is 75.1 Å². The Hall–Kier alpha value is -4.04. The number of hydrogen-bond donors (Lipinski definition) is 0. The van der Waals surface area contributed by atoms with Gasteiger partial charge in [-0.1, -0.05) is 0 Å². The third-order valence-corrected chi connectivity index (χ3v) is 10.4. The van der Waals surface area contributed by atoms with Crippen LogP contribution in [0.25, 0.3) is 17.3 Å². The first-order chi connectivity index (χ1) is 21.1. The van der Waals surface area contributed by atoms with E-state index in [9.17, 15) is 23.3 Å². The number of sulfonamides is 1. The summed E-state index contributed by atoms with van der Waals surface area (Å²) in [6.45, 7) is 9.55. The Kier molecular flexibility index (Phi) is 8.05. The zero-order valence-corrected chi connectivity index (χ0v) is 25.8. The maximum absolute atomic E-state index is 13.6. The molecule has 2 saturated heterocycles. The highest BCUT2D eigenvalue weighted by Crippen LogP contribution is 2.40. The summed E-state index contributed by atoms with van der Waals surface area (Å²) in [7, 11) is -3.76. The molecule has 12 nitrogen and oxygen atoms in total. The molecule has 232 valence electrons. The molecule has 2 aromatic carbocycles. The smallest absolute Gasteiger partial charge is 0.294 e. The predicted octanol–water partition coefficient (Wildman–Crippen LogP) is 3.77. The molecule has 44 heavy (non-hydrogen) atoms. The minimum absolute atomic E-state index is 0.0179. The van der Waals surface area contributed by atoms with E-state index in [0.717, 1.165) is 17.0 Å². The molecule has 3 aliphatic heterocycles. The number of rotatable bonds is 7. The number of hydrogen-bond acceptors (Lipinski definition) is 8. The van der Waals surface area contributed by atoms with E-state index in [1.54, 1.807) is 41.3 Å². The molecule has 0 N–H and O–H groups in total. The molecular weight excluding hydrogens is 586 g/mol. The fourth-order valence-electron chi connectivity index (χ4n) is 6.24. The van der Waals surface area contributed by atoms with Gasteiger partial charge in [-0.05, 0) is 68.8 Å². The van der Waals surface area contributed by atoms with Crippen molar-refractivity contribution in [1.82, 2.24) is 8.87 Å². The van der Waals surface area contributed by atoms with Gasteiger partial charge in [-0.2, -0.15) is 4.31 Å². The Morgan fingerprint density at radius 2 is 1.59 bits per heavy atom. The fraction of sp³-hybridized carbons (Fsp3) is 0.387. The summed E-state index contributed by atoms with van der Waals surface area (Å²) < 4.78 is 41.0. The number of aryl methyl sites for hydroxylation is 1. The first-order valence-corrected chi connectivity index (χ1v) is 16.1. The first-order valence-electron chi connectivity index (χ1n) is 14.7. The average molecular weight is 622 g/mol. The molecule has 6 rings (SSSR count). The number of fused-ring (bicyclic) bond motifs is 1. The number of carbonyl (C=O) groups excluding carboxylic acids is 1. The second-order valence-electron chi connectivity index (χ2n) is 11.0. The number of benzene rings is 2. The number of anilines is 2. The Bertz CT molecular complexity index is 1770. The summed E-state index contributed by atoms with van der Waals surface area (Å²) in [6, 6.07) is 12.0. The van der Waals surface area contributed by atoms with Crippen LogP contribution in [-0.4, -0.2) is 87.3 Å². The van der Waals surface area contributed by atoms with E-state index in [2.05, 4.69) is 0 Å². The van der Waals surface area contributed by atoms with E-state index in [4.69, 9.17) is 9.47 Å². The number of likely N-dealkylation sites (N-methyl/N-ethyl adjacent to an activating group) is 1. The van der Waals surface area contributed by atoms with E-state index < -0.39 is 10.0 Å². The fourth-order valence-corrected chi connectivity index (χ4v) is 7.68. The molecule has 0 bridgehead atoms. The monoisotopic (exact) mass is 621 g/mol. The number of nitrogens with zero attached hydrogens (tertiary/aromatic N) is 5. The molecular formula is C31H35N5O7S. The molecule has 0 unspecified atom stereocenters. The molecule has 3 aromatic rings. The van der Waals surface area contributed by atoms with E-state index >= 15 is 0 Å². The van der Waals surface area contributed by atoms with Crippen molar-refractivity contribution in [3.63, 3.8) is 0 Å². The SMILES string of the molecule is CCN1C(=O)/C(=C/c2cc(C)n(-c3ccc(N4CCOCC4)c([N+](=O)[O-])c3)c2C)c2cc(S(=O)(=O)N3CCOCC3)ccc21. The van der Waals surface area contributed by atoms with Crippen LogP contribution in [0.3, 0.4) is 0 Å². The van der Waals surface area contributed by atoms with Gasteiger partial charge >= 0.3 is 0 Å². The zero-order valence-electron chi connectivity index (χ0n) is 25.0. The second kappa shape index (κ2) is 11.8. The van der Waals surface area contributed by atoms with Gasteiger partial charge in [0.2, 0.25) is 10.0 Å². The molecule has 0 radical (unpaired) electrons. The van der Waals surface area contributed by atoms with Crippen LogP contribution in [0, 0.1) is 24.0 Å². The summed E-state index contributed by atoms with van der Waals surface area (Å²) in [5.74, 6) is -0.210. The quantitative estimate of drug-likeness (QED) is 0.222. The van der Waals surface area contributed by atoms with Gasteiger partial charge in [-0.25, -0.2) is 8.42 Å². The van der Waals surface area contributed by atoms with Gasteiger partial charge in [0, 0.05) is 61.3 Å². The summed E-state index contributed by atoms with van der Waals surface area (Å²) >= 11 is 0. The second-order valence-corrected chi connectivity index (χ2v) is 12.9. The highest BCUT2D eigenvalue weighted by atomic mass is 32.2. The Labute approximate surface area is 256 Å². The normalized spacial score (nSPS) is 18.7. The van der Waals surface area contributed by atoms with Gasteiger partial charge in [0.15, 0.2) is 0 Å². The lowest BCUT2D eigenvalue weighted by Crippen LogP contribution is -2.40. The highest BCUT2D eigenvalue weighted by molar-refractivity contribution is 7.89. The molecule has 4 heterocycles. The highest BCUT2D eigenvalue weighted by Gasteiger charge is 2.35. The van der Waals surface area contributed by atoms with E-state index in [1.807, 2.05) is 42.4 Å². The largest absolute Gasteiger partial charge is 0.379 e. The summed E-state index contributed by atoms with van der Waals surface area (Å²) in [5.41, 5.74) is 5.22. The van der Waals surface area contributed by atoms with Crippen molar-refractivity contribution in [2.24, 2.45) is 0 Å². The van der Waals surface area contributed by atoms with Crippen LogP contribution >= 0.6 is 0 Å². The van der Waals surface area contributed by atoms with Crippen molar-refractivity contribution in [2.75, 3.05) is 69.0 Å². The van der Waals surface area contributed by atoms with E-state index in [-0.39, 0.29) is 34.5 Å². The first kappa shape index (κ1) is 30.0. The predicted molar refractivity (Wildman–Crippen MR) is 167 cm³/mol. The Morgan fingerprint density at radius 3 is 2.25 bits per heavy atom. The van der Waals surface area contributed by atoms with Crippen LogP contribution in [0.5, 0.6) is 0 Å². The van der Waals surface area contributed by atoms with Crippen LogP contribution in [0.2, 0.25) is 0 Å². The number of nitro groups is 1. The molecule has 0 spiro atoms. The van der Waals surface area contributed by atoms with Crippen molar-refractivity contribution >= 4 is 44.6 Å². The number of aromatic nitrogens is 1. The number of nitro benzene ring substituents is 1. The van der Waals surface area contributed by atoms with Gasteiger partial charge in [0.25, 0.3) is 11.6 Å². The third kappa shape index (κ3) is 5.19. The molecule has 0 aliphatic carbocycles. The van der Waals surface area contributed by atoms with E-state index in [0.29, 0.717) is 74.3 Å². The van der Waals surface area contributed by atoms with Crippen molar-refractivity contribution < 1.29 is 27.6 Å². The Morgan fingerprint density at radius 1 is 0.932 bits per heavy atom. The maximum Gasteiger partial charge on any atom is 0.294 e. The number of amides is 1. The van der Waals surface area contributed by atoms with E-state index in [1.165, 1.54) is 4.31 Å². The van der Waals surface area contributed by atoms with Crippen LogP contribution < -0.4 is 9.80 Å². The van der Waals surface area contributed by atoms with Crippen molar-refractivity contribution in [3.8, 4) is 5.69 Å². The van der Waals surface area contributed by atoms with Crippen molar-refractivity contribution in [1.29, 1.82) is 0 Å². The molecule has 2 fully saturated rings. The van der Waals surface area contributed by atoms with Crippen LogP contribution in [0.1, 0.15) is 29.4 Å². The molecule has 3 aliphatic rings. The minimum Gasteiger partial charge on any atom is -0.379 e. The molecule has 1 amide bonds.